The molecule has 0 spiro atoms. The molecule has 102 valence electrons. The fourth-order valence-corrected chi connectivity index (χ4v) is 2.24. The van der Waals surface area contributed by atoms with Crippen molar-refractivity contribution < 1.29 is 8.78 Å². The van der Waals surface area contributed by atoms with E-state index in [1.165, 1.54) is 0 Å². The van der Waals surface area contributed by atoms with E-state index in [0.717, 1.165) is 29.0 Å². The van der Waals surface area contributed by atoms with Gasteiger partial charge in [0.2, 0.25) is 0 Å². The van der Waals surface area contributed by atoms with Crippen LogP contribution < -0.4 is 5.32 Å². The Labute approximate surface area is 120 Å². The van der Waals surface area contributed by atoms with E-state index in [1.54, 1.807) is 12.1 Å². The molecule has 0 saturated carbocycles. The van der Waals surface area contributed by atoms with Crippen LogP contribution in [0.2, 0.25) is 0 Å². The largest absolute Gasteiger partial charge is 0.353 e. The lowest BCUT2D eigenvalue weighted by atomic mass is 10.0. The molecule has 0 bridgehead atoms. The molecule has 0 atom stereocenters. The highest BCUT2D eigenvalue weighted by atomic mass is 19.1. The summed E-state index contributed by atoms with van der Waals surface area (Å²) < 4.78 is 27.0. The Morgan fingerprint density at radius 2 is 1.62 bits per heavy atom. The fraction of sp³-hybridized carbons (Fsp3) is 0. The molecule has 0 heterocycles. The van der Waals surface area contributed by atoms with E-state index in [9.17, 15) is 8.78 Å². The van der Waals surface area contributed by atoms with Gasteiger partial charge >= 0.3 is 0 Å². The molecule has 0 aliphatic rings. The maximum atomic E-state index is 13.7. The minimum absolute atomic E-state index is 0.0601. The number of fused-ring (bicyclic) bond motifs is 1. The van der Waals surface area contributed by atoms with Crippen molar-refractivity contribution in [3.05, 3.63) is 71.8 Å². The van der Waals surface area contributed by atoms with Gasteiger partial charge in [-0.2, -0.15) is 5.26 Å². The van der Waals surface area contributed by atoms with Crippen LogP contribution in [0, 0.1) is 23.0 Å². The average molecular weight is 280 g/mol. The van der Waals surface area contributed by atoms with E-state index in [2.05, 4.69) is 11.4 Å². The third kappa shape index (κ3) is 2.41. The topological polar surface area (TPSA) is 35.8 Å². The van der Waals surface area contributed by atoms with Crippen LogP contribution in [0.1, 0.15) is 5.56 Å². The Morgan fingerprint density at radius 3 is 2.38 bits per heavy atom. The zero-order valence-corrected chi connectivity index (χ0v) is 10.9. The highest BCUT2D eigenvalue weighted by Crippen LogP contribution is 2.29. The third-order valence-electron chi connectivity index (χ3n) is 3.24. The molecule has 0 unspecified atom stereocenters. The van der Waals surface area contributed by atoms with Gasteiger partial charge in [-0.15, -0.1) is 0 Å². The van der Waals surface area contributed by atoms with Gasteiger partial charge in [0, 0.05) is 22.5 Å². The maximum Gasteiger partial charge on any atom is 0.146 e. The van der Waals surface area contributed by atoms with Gasteiger partial charge < -0.3 is 5.32 Å². The van der Waals surface area contributed by atoms with Crippen LogP contribution in [-0.2, 0) is 0 Å². The average Bonchev–Trinajstić information content (AvgIpc) is 2.51. The van der Waals surface area contributed by atoms with Crippen LogP contribution in [0.4, 0.5) is 20.2 Å². The summed E-state index contributed by atoms with van der Waals surface area (Å²) in [6, 6.07) is 16.0. The standard InChI is InChI=1S/C17H10F2N2/c18-12-6-7-15(19)17(9-12)21-16-8-5-11(10-20)13-3-1-2-4-14(13)16/h1-9,21H. The van der Waals surface area contributed by atoms with Gasteiger partial charge in [0.1, 0.15) is 11.6 Å². The normalized spacial score (nSPS) is 10.3. The smallest absolute Gasteiger partial charge is 0.146 e. The summed E-state index contributed by atoms with van der Waals surface area (Å²) in [4.78, 5) is 0. The van der Waals surface area contributed by atoms with Gasteiger partial charge in [-0.3, -0.25) is 0 Å². The summed E-state index contributed by atoms with van der Waals surface area (Å²) in [6.07, 6.45) is 0. The van der Waals surface area contributed by atoms with Gasteiger partial charge in [-0.1, -0.05) is 24.3 Å². The predicted octanol–water partition coefficient (Wildman–Crippen LogP) is 4.73. The molecule has 0 aliphatic heterocycles. The lowest BCUT2D eigenvalue weighted by molar-refractivity contribution is 0.603. The summed E-state index contributed by atoms with van der Waals surface area (Å²) in [5, 5.41) is 13.5. The summed E-state index contributed by atoms with van der Waals surface area (Å²) in [5.41, 5.74) is 1.22. The number of halogens is 2. The first-order valence-corrected chi connectivity index (χ1v) is 6.33. The molecule has 3 aromatic carbocycles. The van der Waals surface area contributed by atoms with Crippen molar-refractivity contribution in [2.45, 2.75) is 0 Å². The van der Waals surface area contributed by atoms with E-state index in [-0.39, 0.29) is 5.69 Å². The first-order chi connectivity index (χ1) is 10.2. The Hall–Kier alpha value is -2.93. The van der Waals surface area contributed by atoms with Gasteiger partial charge in [-0.05, 0) is 24.3 Å². The lowest BCUT2D eigenvalue weighted by Gasteiger charge is -2.11. The van der Waals surface area contributed by atoms with E-state index in [4.69, 9.17) is 5.26 Å². The van der Waals surface area contributed by atoms with Crippen molar-refractivity contribution in [2.75, 3.05) is 5.32 Å². The van der Waals surface area contributed by atoms with Crippen LogP contribution in [0.5, 0.6) is 0 Å². The van der Waals surface area contributed by atoms with E-state index >= 15 is 0 Å². The second-order valence-corrected chi connectivity index (χ2v) is 4.57. The summed E-state index contributed by atoms with van der Waals surface area (Å²) in [6.45, 7) is 0. The second kappa shape index (κ2) is 5.22. The molecule has 2 nitrogen and oxygen atoms in total. The number of hydrogen-bond acceptors (Lipinski definition) is 2. The highest BCUT2D eigenvalue weighted by Gasteiger charge is 2.08. The molecule has 3 rings (SSSR count). The van der Waals surface area contributed by atoms with Crippen LogP contribution in [0.3, 0.4) is 0 Å². The summed E-state index contributed by atoms with van der Waals surface area (Å²) >= 11 is 0. The fourth-order valence-electron chi connectivity index (χ4n) is 2.24. The first kappa shape index (κ1) is 13.1. The zero-order valence-electron chi connectivity index (χ0n) is 10.9. The Balaban J connectivity index is 2.14. The highest BCUT2D eigenvalue weighted by molar-refractivity contribution is 5.98. The van der Waals surface area contributed by atoms with Crippen LogP contribution in [0.15, 0.2) is 54.6 Å². The molecule has 0 amide bonds. The molecule has 0 fully saturated rings. The Morgan fingerprint density at radius 1 is 0.857 bits per heavy atom. The molecule has 4 heteroatoms. The minimum Gasteiger partial charge on any atom is -0.353 e. The van der Waals surface area contributed by atoms with Crippen molar-refractivity contribution in [2.24, 2.45) is 0 Å². The number of rotatable bonds is 2. The van der Waals surface area contributed by atoms with Crippen molar-refractivity contribution in [1.82, 2.24) is 0 Å². The van der Waals surface area contributed by atoms with Gasteiger partial charge in [-0.25, -0.2) is 8.78 Å². The molecule has 0 aromatic heterocycles. The zero-order chi connectivity index (χ0) is 14.8. The first-order valence-electron chi connectivity index (χ1n) is 6.33. The monoisotopic (exact) mass is 280 g/mol. The number of anilines is 2. The second-order valence-electron chi connectivity index (χ2n) is 4.57. The molecule has 1 N–H and O–H groups in total. The van der Waals surface area contributed by atoms with Crippen molar-refractivity contribution in [1.29, 1.82) is 5.26 Å². The summed E-state index contributed by atoms with van der Waals surface area (Å²) in [7, 11) is 0. The van der Waals surface area contributed by atoms with E-state index in [0.29, 0.717) is 11.3 Å². The van der Waals surface area contributed by atoms with Crippen LogP contribution >= 0.6 is 0 Å². The lowest BCUT2D eigenvalue weighted by Crippen LogP contribution is -1.96. The summed E-state index contributed by atoms with van der Waals surface area (Å²) in [5.74, 6) is -1.05. The van der Waals surface area contributed by atoms with Crippen LogP contribution in [-0.4, -0.2) is 0 Å². The van der Waals surface area contributed by atoms with Crippen molar-refractivity contribution in [3.8, 4) is 6.07 Å². The predicted molar refractivity (Wildman–Crippen MR) is 78.3 cm³/mol. The van der Waals surface area contributed by atoms with Gasteiger partial charge in [0.05, 0.1) is 17.3 Å². The Bertz CT molecular complexity index is 866. The molecule has 3 aromatic rings. The van der Waals surface area contributed by atoms with Gasteiger partial charge in [0.25, 0.3) is 0 Å². The SMILES string of the molecule is N#Cc1ccc(Nc2cc(F)ccc2F)c2ccccc12. The molecule has 0 radical (unpaired) electrons. The quantitative estimate of drug-likeness (QED) is 0.736. The van der Waals surface area contributed by atoms with Crippen LogP contribution in [0.25, 0.3) is 10.8 Å². The molecule has 0 saturated heterocycles. The number of nitrogens with one attached hydrogen (secondary N) is 1. The minimum atomic E-state index is -0.537. The van der Waals surface area contributed by atoms with Crippen molar-refractivity contribution >= 4 is 22.1 Å². The molecular weight excluding hydrogens is 270 g/mol. The number of nitriles is 1. The van der Waals surface area contributed by atoms with E-state index < -0.39 is 11.6 Å². The third-order valence-corrected chi connectivity index (χ3v) is 3.24. The molecule has 0 aliphatic carbocycles. The number of hydrogen-bond donors (Lipinski definition) is 1. The van der Waals surface area contributed by atoms with Crippen molar-refractivity contribution in [3.63, 3.8) is 0 Å². The van der Waals surface area contributed by atoms with E-state index in [1.807, 2.05) is 24.3 Å². The Kier molecular flexibility index (Phi) is 3.25. The maximum absolute atomic E-state index is 13.7. The van der Waals surface area contributed by atoms with Gasteiger partial charge in [0.15, 0.2) is 0 Å². The number of nitrogens with zero attached hydrogens (tertiary/aromatic N) is 1. The number of benzene rings is 3. The molecular formula is C17H10F2N2. The molecule has 21 heavy (non-hydrogen) atoms.